The molecule has 4 rings (SSSR count). The molecule has 0 radical (unpaired) electrons. The summed E-state index contributed by atoms with van der Waals surface area (Å²) >= 11 is 0. The number of carbonyl (C=O) groups excluding carboxylic acids is 3. The second kappa shape index (κ2) is 17.5. The van der Waals surface area contributed by atoms with Crippen LogP contribution in [0.5, 0.6) is 11.5 Å². The summed E-state index contributed by atoms with van der Waals surface area (Å²) in [5.74, 6) is -5.36. The van der Waals surface area contributed by atoms with Gasteiger partial charge in [0.05, 0.1) is 11.1 Å². The number of nitrogens with zero attached hydrogens (tertiary/aromatic N) is 3. The minimum atomic E-state index is -2.06. The van der Waals surface area contributed by atoms with Gasteiger partial charge in [-0.1, -0.05) is 60.7 Å². The molecule has 0 bridgehead atoms. The molecular formula is C34H28N4O16. The van der Waals surface area contributed by atoms with E-state index in [9.17, 15) is 54.6 Å². The number of hydrogen-bond donors (Lipinski definition) is 2. The zero-order valence-electron chi connectivity index (χ0n) is 27.9. The van der Waals surface area contributed by atoms with E-state index >= 15 is 0 Å². The number of carboxylic acids is 1. The first-order valence-corrected chi connectivity index (χ1v) is 15.4. The van der Waals surface area contributed by atoms with Gasteiger partial charge in [0.15, 0.2) is 11.5 Å². The Hall–Kier alpha value is -7.64. The second-order valence-corrected chi connectivity index (χ2v) is 11.3. The highest BCUT2D eigenvalue weighted by atomic mass is 17.0. The monoisotopic (exact) mass is 748 g/mol. The van der Waals surface area contributed by atoms with Crippen LogP contribution in [-0.4, -0.2) is 49.7 Å². The smallest absolute Gasteiger partial charge is 0.344 e. The van der Waals surface area contributed by atoms with E-state index < -0.39 is 76.6 Å². The maximum atomic E-state index is 13.5. The standard InChI is InChI=1S/C34H28N4O16/c1-34(33(42)43,35-30(39)25-11-5-2-8-22(25)18-50-36(44)45)17-21-14-15-28(53-31(40)26-12-6-3-9-23(26)19-51-37(46)47)29(16-21)54-32(41)27-13-7-4-10-24(27)20-52-38(48)49/h2-16H,17-20H2,1H3,(H,35,39)(H,42,43). The Morgan fingerprint density at radius 2 is 1.04 bits per heavy atom. The van der Waals surface area contributed by atoms with E-state index in [1.54, 1.807) is 0 Å². The predicted molar refractivity (Wildman–Crippen MR) is 178 cm³/mol. The first kappa shape index (κ1) is 39.2. The van der Waals surface area contributed by atoms with Gasteiger partial charge in [0, 0.05) is 12.0 Å². The van der Waals surface area contributed by atoms with Crippen LogP contribution < -0.4 is 14.8 Å². The van der Waals surface area contributed by atoms with Crippen molar-refractivity contribution in [2.45, 2.75) is 38.7 Å². The lowest BCUT2D eigenvalue weighted by Crippen LogP contribution is -2.54. The van der Waals surface area contributed by atoms with Crippen LogP contribution >= 0.6 is 0 Å². The average Bonchev–Trinajstić information content (AvgIpc) is 3.13. The Labute approximate surface area is 303 Å². The molecule has 0 aliphatic heterocycles. The lowest BCUT2D eigenvalue weighted by Gasteiger charge is -2.27. The number of carbonyl (C=O) groups is 4. The van der Waals surface area contributed by atoms with Crippen LogP contribution in [0.3, 0.4) is 0 Å². The Morgan fingerprint density at radius 3 is 1.48 bits per heavy atom. The van der Waals surface area contributed by atoms with Gasteiger partial charge in [-0.25, -0.2) is 14.4 Å². The van der Waals surface area contributed by atoms with E-state index in [0.717, 1.165) is 6.07 Å². The number of hydrogen-bond acceptors (Lipinski definition) is 15. The third-order valence-corrected chi connectivity index (χ3v) is 7.55. The van der Waals surface area contributed by atoms with Crippen LogP contribution in [0.25, 0.3) is 0 Å². The van der Waals surface area contributed by atoms with Crippen molar-refractivity contribution >= 4 is 23.8 Å². The van der Waals surface area contributed by atoms with E-state index in [1.165, 1.54) is 91.9 Å². The van der Waals surface area contributed by atoms with Gasteiger partial charge in [0.25, 0.3) is 21.2 Å². The van der Waals surface area contributed by atoms with E-state index in [-0.39, 0.29) is 44.7 Å². The highest BCUT2D eigenvalue weighted by molar-refractivity contribution is 5.99. The van der Waals surface area contributed by atoms with Crippen molar-refractivity contribution in [3.8, 4) is 11.5 Å². The molecule has 1 amide bonds. The summed E-state index contributed by atoms with van der Waals surface area (Å²) in [4.78, 5) is 98.1. The number of esters is 2. The third-order valence-electron chi connectivity index (χ3n) is 7.55. The molecule has 0 fully saturated rings. The van der Waals surface area contributed by atoms with Crippen LogP contribution in [0.2, 0.25) is 0 Å². The molecule has 1 unspecified atom stereocenters. The topological polar surface area (TPSA) is 276 Å². The molecule has 0 aromatic heterocycles. The van der Waals surface area contributed by atoms with Crippen molar-refractivity contribution in [1.82, 2.24) is 5.32 Å². The molecule has 2 N–H and O–H groups in total. The number of rotatable bonds is 18. The fourth-order valence-corrected chi connectivity index (χ4v) is 4.96. The predicted octanol–water partition coefficient (Wildman–Crippen LogP) is 4.07. The van der Waals surface area contributed by atoms with Crippen LogP contribution in [0.4, 0.5) is 0 Å². The van der Waals surface area contributed by atoms with Gasteiger partial charge in [-0.15, -0.1) is 30.3 Å². The SMILES string of the molecule is CC(Cc1ccc(OC(=O)c2ccccc2CO[N+](=O)[O-])c(OC(=O)c2ccccc2CO[N+](=O)[O-])c1)(NC(=O)c1ccccc1CO[N+](=O)[O-])C(=O)O. The molecule has 0 saturated carbocycles. The van der Waals surface area contributed by atoms with E-state index in [1.807, 2.05) is 0 Å². The van der Waals surface area contributed by atoms with Crippen LogP contribution in [-0.2, 0) is 45.5 Å². The van der Waals surface area contributed by atoms with Gasteiger partial charge < -0.3 is 34.4 Å². The van der Waals surface area contributed by atoms with Gasteiger partial charge in [0.2, 0.25) is 0 Å². The fraction of sp³-hybridized carbons (Fsp3) is 0.176. The zero-order valence-corrected chi connectivity index (χ0v) is 27.9. The number of nitrogens with one attached hydrogen (secondary N) is 1. The van der Waals surface area contributed by atoms with Crippen molar-refractivity contribution < 1.29 is 63.5 Å². The fourth-order valence-electron chi connectivity index (χ4n) is 4.96. The van der Waals surface area contributed by atoms with Crippen molar-refractivity contribution in [2.24, 2.45) is 0 Å². The first-order chi connectivity index (χ1) is 25.7. The molecule has 0 saturated heterocycles. The molecule has 20 nitrogen and oxygen atoms in total. The highest BCUT2D eigenvalue weighted by Crippen LogP contribution is 2.32. The van der Waals surface area contributed by atoms with Crippen molar-refractivity contribution in [1.29, 1.82) is 0 Å². The lowest BCUT2D eigenvalue weighted by molar-refractivity contribution is -0.763. The molecule has 54 heavy (non-hydrogen) atoms. The maximum absolute atomic E-state index is 13.5. The Kier molecular flexibility index (Phi) is 12.7. The summed E-state index contributed by atoms with van der Waals surface area (Å²) in [5.41, 5.74) is -2.14. The highest BCUT2D eigenvalue weighted by Gasteiger charge is 2.36. The normalized spacial score (nSPS) is 11.6. The summed E-state index contributed by atoms with van der Waals surface area (Å²) in [7, 11) is 0. The van der Waals surface area contributed by atoms with Crippen LogP contribution in [0.15, 0.2) is 91.0 Å². The summed E-state index contributed by atoms with van der Waals surface area (Å²) in [6.07, 6.45) is -0.464. The van der Waals surface area contributed by atoms with Crippen LogP contribution in [0, 0.1) is 30.3 Å². The zero-order chi connectivity index (χ0) is 39.4. The quantitative estimate of drug-likeness (QED) is 0.0628. The van der Waals surface area contributed by atoms with Gasteiger partial charge >= 0.3 is 17.9 Å². The van der Waals surface area contributed by atoms with Gasteiger partial charge in [-0.05, 0) is 59.5 Å². The molecule has 1 atom stereocenters. The molecule has 0 heterocycles. The van der Waals surface area contributed by atoms with E-state index in [2.05, 4.69) is 19.8 Å². The van der Waals surface area contributed by atoms with Gasteiger partial charge in [0.1, 0.15) is 25.4 Å². The summed E-state index contributed by atoms with van der Waals surface area (Å²) in [6, 6.07) is 20.5. The van der Waals surface area contributed by atoms with Crippen molar-refractivity contribution in [3.05, 3.63) is 160 Å². The van der Waals surface area contributed by atoms with Gasteiger partial charge in [-0.3, -0.25) is 4.79 Å². The van der Waals surface area contributed by atoms with Gasteiger partial charge in [-0.2, -0.15) is 0 Å². The lowest BCUT2D eigenvalue weighted by atomic mass is 9.91. The minimum absolute atomic E-state index is 0.0543. The van der Waals surface area contributed by atoms with Crippen molar-refractivity contribution in [2.75, 3.05) is 0 Å². The Bertz CT molecular complexity index is 2110. The largest absolute Gasteiger partial charge is 0.480 e. The third kappa shape index (κ3) is 10.4. The molecule has 4 aromatic carbocycles. The van der Waals surface area contributed by atoms with Crippen LogP contribution in [0.1, 0.15) is 60.3 Å². The van der Waals surface area contributed by atoms with E-state index in [0.29, 0.717) is 0 Å². The maximum Gasteiger partial charge on any atom is 0.344 e. The number of benzene rings is 4. The Balaban J connectivity index is 1.70. The molecular weight excluding hydrogens is 720 g/mol. The molecule has 280 valence electrons. The number of amides is 1. The average molecular weight is 749 g/mol. The molecule has 4 aromatic rings. The summed E-state index contributed by atoms with van der Waals surface area (Å²) in [6.45, 7) is -0.641. The number of ether oxygens (including phenoxy) is 2. The first-order valence-electron chi connectivity index (χ1n) is 15.4. The summed E-state index contributed by atoms with van der Waals surface area (Å²) in [5, 5.41) is 41.8. The second-order valence-electron chi connectivity index (χ2n) is 11.3. The summed E-state index contributed by atoms with van der Waals surface area (Å²) < 4.78 is 11.1. The number of carboxylic acid groups (broad SMARTS) is 1. The molecule has 0 spiro atoms. The van der Waals surface area contributed by atoms with Crippen molar-refractivity contribution in [3.63, 3.8) is 0 Å². The molecule has 0 aliphatic carbocycles. The number of aliphatic carboxylic acids is 1. The minimum Gasteiger partial charge on any atom is -0.480 e. The Morgan fingerprint density at radius 1 is 0.630 bits per heavy atom. The van der Waals surface area contributed by atoms with E-state index in [4.69, 9.17) is 9.47 Å². The molecule has 20 heteroatoms. The molecule has 0 aliphatic rings.